The highest BCUT2D eigenvalue weighted by molar-refractivity contribution is 7.95. The number of thiazole rings is 1. The van der Waals surface area contributed by atoms with E-state index in [-0.39, 0.29) is 9.79 Å². The molecule has 3 aromatic carbocycles. The van der Waals surface area contributed by atoms with E-state index in [0.717, 1.165) is 16.5 Å². The van der Waals surface area contributed by atoms with Gasteiger partial charge in [-0.15, -0.1) is 11.3 Å². The standard InChI is InChI=1S/C20H16N2O4S3/c1-28(23,24)18-12-6-7-13-19(18)29(25,26)22-15-9-3-2-8-14(15)20-21-16-10-4-5-11-17(16)27-20/h2-13,22H,1H3. The van der Waals surface area contributed by atoms with E-state index >= 15 is 0 Å². The summed E-state index contributed by atoms with van der Waals surface area (Å²) in [5, 5.41) is 0.667. The Morgan fingerprint density at radius 3 is 2.14 bits per heavy atom. The van der Waals surface area contributed by atoms with Crippen LogP contribution in [0.2, 0.25) is 0 Å². The quantitative estimate of drug-likeness (QED) is 0.499. The van der Waals surface area contributed by atoms with Crippen LogP contribution >= 0.6 is 11.3 Å². The Balaban J connectivity index is 1.80. The molecule has 0 spiro atoms. The number of anilines is 1. The number of benzene rings is 3. The van der Waals surface area contributed by atoms with Crippen molar-refractivity contribution in [2.45, 2.75) is 9.79 Å². The molecule has 0 aliphatic heterocycles. The average molecular weight is 445 g/mol. The van der Waals surface area contributed by atoms with Crippen molar-refractivity contribution in [2.75, 3.05) is 11.0 Å². The minimum absolute atomic E-state index is 0.245. The molecule has 1 aromatic heterocycles. The molecule has 0 unspecified atom stereocenters. The Hall–Kier alpha value is -2.75. The first-order valence-electron chi connectivity index (χ1n) is 8.52. The SMILES string of the molecule is CS(=O)(=O)c1ccccc1S(=O)(=O)Nc1ccccc1-c1nc2ccccc2s1. The monoisotopic (exact) mass is 444 g/mol. The first-order chi connectivity index (χ1) is 13.8. The number of sulfone groups is 1. The molecule has 0 fully saturated rings. The van der Waals surface area contributed by atoms with Crippen molar-refractivity contribution >= 4 is 47.1 Å². The predicted octanol–water partition coefficient (Wildman–Crippen LogP) is 4.17. The number of fused-ring (bicyclic) bond motifs is 1. The lowest BCUT2D eigenvalue weighted by Crippen LogP contribution is -2.17. The third kappa shape index (κ3) is 3.89. The zero-order chi connectivity index (χ0) is 20.6. The van der Waals surface area contributed by atoms with Gasteiger partial charge in [0.2, 0.25) is 0 Å². The van der Waals surface area contributed by atoms with Crippen molar-refractivity contribution in [2.24, 2.45) is 0 Å². The maximum atomic E-state index is 13.0. The van der Waals surface area contributed by atoms with E-state index < -0.39 is 19.9 Å². The molecule has 0 bridgehead atoms. The van der Waals surface area contributed by atoms with Crippen LogP contribution in [0.4, 0.5) is 5.69 Å². The number of aromatic nitrogens is 1. The van der Waals surface area contributed by atoms with Gasteiger partial charge in [-0.25, -0.2) is 21.8 Å². The highest BCUT2D eigenvalue weighted by atomic mass is 32.2. The molecule has 0 aliphatic carbocycles. The summed E-state index contributed by atoms with van der Waals surface area (Å²) in [5.41, 5.74) is 1.77. The van der Waals surface area contributed by atoms with Gasteiger partial charge >= 0.3 is 0 Å². The second-order valence-electron chi connectivity index (χ2n) is 6.36. The van der Waals surface area contributed by atoms with Gasteiger partial charge in [0, 0.05) is 11.8 Å². The topological polar surface area (TPSA) is 93.2 Å². The number of nitrogens with one attached hydrogen (secondary N) is 1. The molecule has 0 amide bonds. The second kappa shape index (κ2) is 7.25. The highest BCUT2D eigenvalue weighted by Crippen LogP contribution is 2.35. The molecule has 148 valence electrons. The maximum Gasteiger partial charge on any atom is 0.263 e. The first kappa shape index (κ1) is 19.6. The van der Waals surface area contributed by atoms with Crippen LogP contribution in [0.5, 0.6) is 0 Å². The summed E-state index contributed by atoms with van der Waals surface area (Å²) in [7, 11) is -7.86. The third-order valence-electron chi connectivity index (χ3n) is 4.23. The smallest absolute Gasteiger partial charge is 0.263 e. The Kier molecular flexibility index (Phi) is 4.89. The summed E-state index contributed by atoms with van der Waals surface area (Å²) in [5.74, 6) is 0. The Bertz CT molecular complexity index is 1390. The molecular formula is C20H16N2O4S3. The highest BCUT2D eigenvalue weighted by Gasteiger charge is 2.24. The van der Waals surface area contributed by atoms with Crippen molar-refractivity contribution in [1.29, 1.82) is 0 Å². The van der Waals surface area contributed by atoms with Crippen LogP contribution in [0.15, 0.2) is 82.6 Å². The van der Waals surface area contributed by atoms with Gasteiger partial charge in [0.05, 0.1) is 20.8 Å². The fraction of sp³-hybridized carbons (Fsp3) is 0.0500. The largest absolute Gasteiger partial charge is 0.279 e. The van der Waals surface area contributed by atoms with Crippen molar-refractivity contribution < 1.29 is 16.8 Å². The summed E-state index contributed by atoms with van der Waals surface area (Å²) in [6.07, 6.45) is 0.983. The molecule has 0 saturated carbocycles. The fourth-order valence-electron chi connectivity index (χ4n) is 2.92. The van der Waals surface area contributed by atoms with Gasteiger partial charge in [0.15, 0.2) is 9.84 Å². The van der Waals surface area contributed by atoms with Gasteiger partial charge in [0.25, 0.3) is 10.0 Å². The van der Waals surface area contributed by atoms with Gasteiger partial charge in [0.1, 0.15) is 9.90 Å². The van der Waals surface area contributed by atoms with Crippen LogP contribution < -0.4 is 4.72 Å². The molecule has 29 heavy (non-hydrogen) atoms. The minimum Gasteiger partial charge on any atom is -0.279 e. The van der Waals surface area contributed by atoms with E-state index in [9.17, 15) is 16.8 Å². The van der Waals surface area contributed by atoms with Crippen molar-refractivity contribution in [3.63, 3.8) is 0 Å². The van der Waals surface area contributed by atoms with Crippen LogP contribution in [0.25, 0.3) is 20.8 Å². The summed E-state index contributed by atoms with van der Waals surface area (Å²) < 4.78 is 53.7. The van der Waals surface area contributed by atoms with Gasteiger partial charge in [-0.1, -0.05) is 36.4 Å². The number of nitrogens with zero attached hydrogens (tertiary/aromatic N) is 1. The van der Waals surface area contributed by atoms with E-state index in [4.69, 9.17) is 0 Å². The van der Waals surface area contributed by atoms with Crippen LogP contribution in [0.3, 0.4) is 0 Å². The maximum absolute atomic E-state index is 13.0. The predicted molar refractivity (Wildman–Crippen MR) is 115 cm³/mol. The Morgan fingerprint density at radius 2 is 1.41 bits per heavy atom. The van der Waals surface area contributed by atoms with E-state index in [1.807, 2.05) is 24.3 Å². The minimum atomic E-state index is -4.14. The van der Waals surface area contributed by atoms with Gasteiger partial charge < -0.3 is 0 Å². The molecule has 1 heterocycles. The molecular weight excluding hydrogens is 428 g/mol. The number of rotatable bonds is 5. The number of hydrogen-bond acceptors (Lipinski definition) is 6. The van der Waals surface area contributed by atoms with E-state index in [1.165, 1.54) is 35.6 Å². The summed E-state index contributed by atoms with van der Waals surface area (Å²) >= 11 is 1.45. The van der Waals surface area contributed by atoms with Crippen molar-refractivity contribution in [1.82, 2.24) is 4.98 Å². The van der Waals surface area contributed by atoms with E-state index in [0.29, 0.717) is 16.3 Å². The molecule has 4 rings (SSSR count). The van der Waals surface area contributed by atoms with Gasteiger partial charge in [-0.3, -0.25) is 4.72 Å². The van der Waals surface area contributed by atoms with Crippen LogP contribution in [-0.4, -0.2) is 28.1 Å². The lowest BCUT2D eigenvalue weighted by molar-refractivity contribution is 0.588. The average Bonchev–Trinajstić information content (AvgIpc) is 3.11. The summed E-state index contributed by atoms with van der Waals surface area (Å²) in [6, 6.07) is 20.1. The van der Waals surface area contributed by atoms with Crippen LogP contribution in [0, 0.1) is 0 Å². The molecule has 4 aromatic rings. The van der Waals surface area contributed by atoms with Crippen LogP contribution in [-0.2, 0) is 19.9 Å². The summed E-state index contributed by atoms with van der Waals surface area (Å²) in [4.78, 5) is 4.06. The van der Waals surface area contributed by atoms with Gasteiger partial charge in [-0.2, -0.15) is 0 Å². The molecule has 0 saturated heterocycles. The Labute approximate surface area is 172 Å². The zero-order valence-corrected chi connectivity index (χ0v) is 17.7. The molecule has 6 nitrogen and oxygen atoms in total. The third-order valence-corrected chi connectivity index (χ3v) is 8.01. The van der Waals surface area contributed by atoms with E-state index in [1.54, 1.807) is 24.3 Å². The molecule has 1 N–H and O–H groups in total. The molecule has 0 atom stereocenters. The lowest BCUT2D eigenvalue weighted by atomic mass is 10.2. The number of hydrogen-bond donors (Lipinski definition) is 1. The number of para-hydroxylation sites is 2. The van der Waals surface area contributed by atoms with Crippen molar-refractivity contribution in [3.8, 4) is 10.6 Å². The van der Waals surface area contributed by atoms with E-state index in [2.05, 4.69) is 9.71 Å². The molecule has 0 aliphatic rings. The zero-order valence-electron chi connectivity index (χ0n) is 15.2. The fourth-order valence-corrected chi connectivity index (χ4v) is 6.64. The molecule has 0 radical (unpaired) electrons. The first-order valence-corrected chi connectivity index (χ1v) is 12.7. The normalized spacial score (nSPS) is 12.2. The number of sulfonamides is 1. The molecule has 9 heteroatoms. The van der Waals surface area contributed by atoms with Crippen LogP contribution in [0.1, 0.15) is 0 Å². The van der Waals surface area contributed by atoms with Gasteiger partial charge in [-0.05, 0) is 36.4 Å². The summed E-state index contributed by atoms with van der Waals surface area (Å²) in [6.45, 7) is 0. The lowest BCUT2D eigenvalue weighted by Gasteiger charge is -2.13. The second-order valence-corrected chi connectivity index (χ2v) is 11.0. The van der Waals surface area contributed by atoms with Crippen molar-refractivity contribution in [3.05, 3.63) is 72.8 Å². The Morgan fingerprint density at radius 1 is 0.793 bits per heavy atom.